The van der Waals surface area contributed by atoms with Crippen LogP contribution in [0, 0.1) is 0 Å². The van der Waals surface area contributed by atoms with Crippen molar-refractivity contribution in [1.82, 2.24) is 20.2 Å². The SMILES string of the molecule is CCCCN(CCC)NC(=O)c1nn(-c2ccc(Cl)cc2Cl)c(-c2ccc(Cl)cc2)c1CC. The monoisotopic (exact) mass is 506 g/mol. The number of benzene rings is 2. The molecule has 0 aliphatic rings. The molecule has 0 radical (unpaired) electrons. The molecule has 3 rings (SSSR count). The molecular formula is C25H29Cl3N4O. The number of hydrogen-bond donors (Lipinski definition) is 1. The highest BCUT2D eigenvalue weighted by atomic mass is 35.5. The molecule has 176 valence electrons. The summed E-state index contributed by atoms with van der Waals surface area (Å²) < 4.78 is 1.73. The first-order chi connectivity index (χ1) is 15.9. The molecule has 0 saturated heterocycles. The smallest absolute Gasteiger partial charge is 0.283 e. The number of carbonyl (C=O) groups is 1. The van der Waals surface area contributed by atoms with E-state index in [2.05, 4.69) is 19.3 Å². The van der Waals surface area contributed by atoms with Crippen LogP contribution in [0.2, 0.25) is 15.1 Å². The van der Waals surface area contributed by atoms with Crippen LogP contribution in [-0.4, -0.2) is 33.8 Å². The van der Waals surface area contributed by atoms with Crippen molar-refractivity contribution >= 4 is 40.7 Å². The zero-order valence-electron chi connectivity index (χ0n) is 19.2. The lowest BCUT2D eigenvalue weighted by molar-refractivity contribution is 0.0778. The van der Waals surface area contributed by atoms with Crippen molar-refractivity contribution in [2.45, 2.75) is 46.5 Å². The summed E-state index contributed by atoms with van der Waals surface area (Å²) in [5, 5.41) is 8.34. The average Bonchev–Trinajstić information content (AvgIpc) is 3.17. The van der Waals surface area contributed by atoms with E-state index in [1.165, 1.54) is 0 Å². The second-order valence-corrected chi connectivity index (χ2v) is 9.11. The van der Waals surface area contributed by atoms with Crippen LogP contribution in [0.15, 0.2) is 42.5 Å². The Morgan fingerprint density at radius 3 is 2.27 bits per heavy atom. The molecule has 0 unspecified atom stereocenters. The normalized spacial score (nSPS) is 11.2. The molecule has 3 aromatic rings. The second kappa shape index (κ2) is 11.9. The van der Waals surface area contributed by atoms with Crippen molar-refractivity contribution in [1.29, 1.82) is 0 Å². The molecule has 1 heterocycles. The van der Waals surface area contributed by atoms with Crippen molar-refractivity contribution in [3.63, 3.8) is 0 Å². The molecule has 0 spiro atoms. The molecule has 0 bridgehead atoms. The van der Waals surface area contributed by atoms with Gasteiger partial charge in [-0.1, -0.05) is 74.1 Å². The van der Waals surface area contributed by atoms with E-state index in [-0.39, 0.29) is 5.91 Å². The van der Waals surface area contributed by atoms with Gasteiger partial charge in [0.25, 0.3) is 5.91 Å². The third-order valence-corrected chi connectivity index (χ3v) is 6.13. The molecule has 8 heteroatoms. The largest absolute Gasteiger partial charge is 0.286 e. The molecule has 0 fully saturated rings. The number of hydrazine groups is 1. The molecule has 1 N–H and O–H groups in total. The number of unbranched alkanes of at least 4 members (excludes halogenated alkanes) is 1. The number of aromatic nitrogens is 2. The third-order valence-electron chi connectivity index (χ3n) is 5.34. The van der Waals surface area contributed by atoms with Gasteiger partial charge in [0.2, 0.25) is 0 Å². The number of amides is 1. The van der Waals surface area contributed by atoms with Crippen LogP contribution >= 0.6 is 34.8 Å². The van der Waals surface area contributed by atoms with E-state index in [0.29, 0.717) is 32.9 Å². The Bertz CT molecular complexity index is 1100. The number of carbonyl (C=O) groups excluding carboxylic acids is 1. The molecule has 0 saturated carbocycles. The van der Waals surface area contributed by atoms with Gasteiger partial charge in [-0.25, -0.2) is 9.69 Å². The number of nitrogens with zero attached hydrogens (tertiary/aromatic N) is 3. The molecule has 5 nitrogen and oxygen atoms in total. The van der Waals surface area contributed by atoms with Gasteiger partial charge in [0.15, 0.2) is 5.69 Å². The van der Waals surface area contributed by atoms with Crippen LogP contribution in [0.4, 0.5) is 0 Å². The third kappa shape index (κ3) is 6.10. The maximum Gasteiger partial charge on any atom is 0.286 e. The molecule has 0 atom stereocenters. The van der Waals surface area contributed by atoms with Crippen LogP contribution in [0.5, 0.6) is 0 Å². The van der Waals surface area contributed by atoms with Crippen molar-refractivity contribution < 1.29 is 4.79 Å². The lowest BCUT2D eigenvalue weighted by Gasteiger charge is -2.22. The van der Waals surface area contributed by atoms with Gasteiger partial charge in [0.1, 0.15) is 0 Å². The average molecular weight is 508 g/mol. The predicted octanol–water partition coefficient (Wildman–Crippen LogP) is 7.22. The minimum Gasteiger partial charge on any atom is -0.283 e. The summed E-state index contributed by atoms with van der Waals surface area (Å²) in [6.07, 6.45) is 3.62. The molecule has 1 aromatic heterocycles. The van der Waals surface area contributed by atoms with Crippen molar-refractivity contribution in [2.75, 3.05) is 13.1 Å². The first kappa shape index (κ1) is 25.6. The quantitative estimate of drug-likeness (QED) is 0.295. The first-order valence-corrected chi connectivity index (χ1v) is 12.4. The van der Waals surface area contributed by atoms with Gasteiger partial charge in [-0.15, -0.1) is 0 Å². The van der Waals surface area contributed by atoms with Gasteiger partial charge in [0.05, 0.1) is 16.4 Å². The maximum absolute atomic E-state index is 13.4. The van der Waals surface area contributed by atoms with Gasteiger partial charge >= 0.3 is 0 Å². The summed E-state index contributed by atoms with van der Waals surface area (Å²) in [7, 11) is 0. The fraction of sp³-hybridized carbons (Fsp3) is 0.360. The molecule has 0 aliphatic heterocycles. The molecule has 2 aromatic carbocycles. The van der Waals surface area contributed by atoms with E-state index >= 15 is 0 Å². The standard InChI is InChI=1S/C25H29Cl3N4O/c1-4-7-15-31(14-5-2)30-25(33)23-20(6-3)24(17-8-10-18(26)11-9-17)32(29-23)22-13-12-19(27)16-21(22)28/h8-13,16H,4-7,14-15H2,1-3H3,(H,30,33). The Kier molecular flexibility index (Phi) is 9.21. The molecular weight excluding hydrogens is 479 g/mol. The topological polar surface area (TPSA) is 50.2 Å². The number of halogens is 3. The van der Waals surface area contributed by atoms with E-state index in [1.54, 1.807) is 16.8 Å². The zero-order valence-corrected chi connectivity index (χ0v) is 21.4. The number of hydrogen-bond acceptors (Lipinski definition) is 3. The van der Waals surface area contributed by atoms with Crippen LogP contribution < -0.4 is 5.43 Å². The summed E-state index contributed by atoms with van der Waals surface area (Å²) in [5.74, 6) is -0.226. The summed E-state index contributed by atoms with van der Waals surface area (Å²) >= 11 is 18.8. The summed E-state index contributed by atoms with van der Waals surface area (Å²) in [6.45, 7) is 7.82. The van der Waals surface area contributed by atoms with Crippen LogP contribution in [0.1, 0.15) is 56.1 Å². The van der Waals surface area contributed by atoms with Crippen molar-refractivity contribution in [3.05, 3.63) is 68.8 Å². The number of nitrogens with one attached hydrogen (secondary N) is 1. The van der Waals surface area contributed by atoms with E-state index in [0.717, 1.165) is 49.2 Å². The lowest BCUT2D eigenvalue weighted by atomic mass is 10.0. The number of rotatable bonds is 10. The Labute approximate surface area is 210 Å². The summed E-state index contributed by atoms with van der Waals surface area (Å²) in [4.78, 5) is 13.4. The molecule has 1 amide bonds. The van der Waals surface area contributed by atoms with E-state index in [9.17, 15) is 4.79 Å². The minimum atomic E-state index is -0.226. The van der Waals surface area contributed by atoms with Crippen molar-refractivity contribution in [3.8, 4) is 16.9 Å². The van der Waals surface area contributed by atoms with Gasteiger partial charge in [-0.2, -0.15) is 5.10 Å². The Hall–Kier alpha value is -2.05. The second-order valence-electron chi connectivity index (χ2n) is 7.83. The Balaban J connectivity index is 2.13. The van der Waals surface area contributed by atoms with E-state index < -0.39 is 0 Å². The maximum atomic E-state index is 13.4. The molecule has 0 aliphatic carbocycles. The highest BCUT2D eigenvalue weighted by Crippen LogP contribution is 2.34. The van der Waals surface area contributed by atoms with E-state index in [1.807, 2.05) is 42.3 Å². The van der Waals surface area contributed by atoms with Gasteiger partial charge in [-0.05, 0) is 49.6 Å². The fourth-order valence-corrected chi connectivity index (χ4v) is 4.35. The van der Waals surface area contributed by atoms with Crippen LogP contribution in [-0.2, 0) is 6.42 Å². The lowest BCUT2D eigenvalue weighted by Crippen LogP contribution is -2.43. The summed E-state index contributed by atoms with van der Waals surface area (Å²) in [6, 6.07) is 12.7. The van der Waals surface area contributed by atoms with Crippen LogP contribution in [0.3, 0.4) is 0 Å². The fourth-order valence-electron chi connectivity index (χ4n) is 3.74. The van der Waals surface area contributed by atoms with Gasteiger partial charge in [-0.3, -0.25) is 10.2 Å². The van der Waals surface area contributed by atoms with Gasteiger partial charge < -0.3 is 0 Å². The Morgan fingerprint density at radius 2 is 1.67 bits per heavy atom. The minimum absolute atomic E-state index is 0.226. The first-order valence-electron chi connectivity index (χ1n) is 11.3. The van der Waals surface area contributed by atoms with Crippen LogP contribution in [0.25, 0.3) is 16.9 Å². The predicted molar refractivity (Wildman–Crippen MR) is 138 cm³/mol. The van der Waals surface area contributed by atoms with E-state index in [4.69, 9.17) is 39.9 Å². The zero-order chi connectivity index (χ0) is 24.0. The van der Waals surface area contributed by atoms with Gasteiger partial charge in [0, 0.05) is 34.3 Å². The van der Waals surface area contributed by atoms with Crippen molar-refractivity contribution in [2.24, 2.45) is 0 Å². The highest BCUT2D eigenvalue weighted by Gasteiger charge is 2.25. The summed E-state index contributed by atoms with van der Waals surface area (Å²) in [5.41, 5.74) is 6.63. The molecule has 33 heavy (non-hydrogen) atoms. The highest BCUT2D eigenvalue weighted by molar-refractivity contribution is 6.35. The Morgan fingerprint density at radius 1 is 0.970 bits per heavy atom.